The van der Waals surface area contributed by atoms with Crippen molar-refractivity contribution in [3.05, 3.63) is 42.5 Å². The zero-order valence-electron chi connectivity index (χ0n) is 16.0. The molecule has 10 nitrogen and oxygen atoms in total. The largest absolute Gasteiger partial charge is 0.493 e. The van der Waals surface area contributed by atoms with Crippen LogP contribution in [0.25, 0.3) is 5.69 Å². The molecular weight excluding hydrogens is 383 g/mol. The van der Waals surface area contributed by atoms with Gasteiger partial charge in [0.2, 0.25) is 11.7 Å². The van der Waals surface area contributed by atoms with E-state index in [1.165, 1.54) is 50.5 Å². The summed E-state index contributed by atoms with van der Waals surface area (Å²) < 4.78 is 31.2. The topological polar surface area (TPSA) is 112 Å². The molecule has 0 saturated carbocycles. The summed E-state index contributed by atoms with van der Waals surface area (Å²) in [5.74, 6) is 0.298. The third-order valence-electron chi connectivity index (χ3n) is 3.95. The number of nitrogens with zero attached hydrogens (tertiary/aromatic N) is 4. The van der Waals surface area contributed by atoms with E-state index >= 15 is 0 Å². The first kappa shape index (κ1) is 19.9. The van der Waals surface area contributed by atoms with Gasteiger partial charge in [-0.1, -0.05) is 0 Å². The second-order valence-corrected chi connectivity index (χ2v) is 5.73. The number of anilines is 2. The summed E-state index contributed by atoms with van der Waals surface area (Å²) in [6.07, 6.45) is 1.38. The van der Waals surface area contributed by atoms with Crippen molar-refractivity contribution in [2.24, 2.45) is 0 Å². The number of rotatable bonds is 8. The van der Waals surface area contributed by atoms with Crippen LogP contribution < -0.4 is 24.8 Å². The van der Waals surface area contributed by atoms with Crippen molar-refractivity contribution in [1.29, 1.82) is 0 Å². The van der Waals surface area contributed by atoms with Gasteiger partial charge in [-0.05, 0) is 28.6 Å². The van der Waals surface area contributed by atoms with Crippen molar-refractivity contribution in [1.82, 2.24) is 20.2 Å². The average molecular weight is 402 g/mol. The smallest absolute Gasteiger partial charge is 0.243 e. The summed E-state index contributed by atoms with van der Waals surface area (Å²) >= 11 is 0. The van der Waals surface area contributed by atoms with Crippen LogP contribution in [-0.4, -0.2) is 54.0 Å². The summed E-state index contributed by atoms with van der Waals surface area (Å²) in [6, 6.07) is 7.47. The van der Waals surface area contributed by atoms with Crippen LogP contribution in [0.3, 0.4) is 0 Å². The van der Waals surface area contributed by atoms with E-state index in [1.54, 1.807) is 12.1 Å². The van der Waals surface area contributed by atoms with Gasteiger partial charge < -0.3 is 24.8 Å². The average Bonchev–Trinajstić information content (AvgIpc) is 3.27. The number of hydrogen-bond donors (Lipinski definition) is 2. The Morgan fingerprint density at radius 2 is 1.83 bits per heavy atom. The maximum atomic E-state index is 14.1. The van der Waals surface area contributed by atoms with Crippen LogP contribution in [0.4, 0.5) is 15.8 Å². The molecular formula is C18H19FN6O4. The highest BCUT2D eigenvalue weighted by Crippen LogP contribution is 2.39. The number of halogens is 1. The number of hydrogen-bond acceptors (Lipinski definition) is 8. The highest BCUT2D eigenvalue weighted by molar-refractivity contribution is 5.94. The Bertz CT molecular complexity index is 971. The van der Waals surface area contributed by atoms with Crippen LogP contribution in [0, 0.1) is 5.82 Å². The molecule has 2 N–H and O–H groups in total. The molecule has 0 saturated heterocycles. The fourth-order valence-electron chi connectivity index (χ4n) is 2.60. The number of tetrazole rings is 1. The first-order chi connectivity index (χ1) is 14.0. The molecule has 3 rings (SSSR count). The number of benzene rings is 2. The summed E-state index contributed by atoms with van der Waals surface area (Å²) in [6.45, 7) is -0.174. The van der Waals surface area contributed by atoms with E-state index in [-0.39, 0.29) is 12.2 Å². The number of aromatic nitrogens is 4. The number of methoxy groups -OCH3 is 3. The number of carbonyl (C=O) groups excluding carboxylic acids is 1. The van der Waals surface area contributed by atoms with Crippen LogP contribution in [0.2, 0.25) is 0 Å². The molecule has 152 valence electrons. The third-order valence-corrected chi connectivity index (χ3v) is 3.95. The third kappa shape index (κ3) is 4.51. The summed E-state index contributed by atoms with van der Waals surface area (Å²) in [4.78, 5) is 12.3. The predicted molar refractivity (Wildman–Crippen MR) is 102 cm³/mol. The van der Waals surface area contributed by atoms with Gasteiger partial charge in [0, 0.05) is 17.8 Å². The number of carbonyl (C=O) groups is 1. The molecule has 1 heterocycles. The second kappa shape index (κ2) is 8.87. The molecule has 0 aliphatic heterocycles. The first-order valence-electron chi connectivity index (χ1n) is 8.42. The van der Waals surface area contributed by atoms with Crippen LogP contribution in [0.15, 0.2) is 36.7 Å². The van der Waals surface area contributed by atoms with Gasteiger partial charge in [-0.3, -0.25) is 4.79 Å². The van der Waals surface area contributed by atoms with E-state index in [4.69, 9.17) is 14.2 Å². The predicted octanol–water partition coefficient (Wildman–Crippen LogP) is 1.88. The van der Waals surface area contributed by atoms with E-state index in [9.17, 15) is 9.18 Å². The minimum atomic E-state index is -0.512. The standard InChI is InChI=1S/C18H19FN6O4/c1-27-15-6-11(7-16(28-2)18(15)29-3)22-17(26)9-20-14-8-12(4-5-13(14)19)25-10-21-23-24-25/h4-8,10,20H,9H2,1-3H3,(H,22,26). The van der Waals surface area contributed by atoms with Crippen molar-refractivity contribution >= 4 is 17.3 Å². The molecule has 0 spiro atoms. The first-order valence-corrected chi connectivity index (χ1v) is 8.42. The van der Waals surface area contributed by atoms with Gasteiger partial charge in [-0.2, -0.15) is 0 Å². The molecule has 2 aromatic carbocycles. The summed E-state index contributed by atoms with van der Waals surface area (Å²) in [5.41, 5.74) is 1.12. The van der Waals surface area contributed by atoms with Crippen LogP contribution >= 0.6 is 0 Å². The van der Waals surface area contributed by atoms with E-state index in [1.807, 2.05) is 0 Å². The Balaban J connectivity index is 1.70. The number of ether oxygens (including phenoxy) is 3. The van der Waals surface area contributed by atoms with Gasteiger partial charge in [-0.15, -0.1) is 5.10 Å². The van der Waals surface area contributed by atoms with Crippen LogP contribution in [0.1, 0.15) is 0 Å². The highest BCUT2D eigenvalue weighted by atomic mass is 19.1. The lowest BCUT2D eigenvalue weighted by atomic mass is 10.2. The molecule has 1 aromatic heterocycles. The van der Waals surface area contributed by atoms with Crippen molar-refractivity contribution in [3.63, 3.8) is 0 Å². The molecule has 0 radical (unpaired) electrons. The Morgan fingerprint density at radius 1 is 1.10 bits per heavy atom. The zero-order chi connectivity index (χ0) is 20.8. The van der Waals surface area contributed by atoms with Gasteiger partial charge >= 0.3 is 0 Å². The van der Waals surface area contributed by atoms with Gasteiger partial charge in [0.1, 0.15) is 12.1 Å². The lowest BCUT2D eigenvalue weighted by molar-refractivity contribution is -0.114. The van der Waals surface area contributed by atoms with Crippen molar-refractivity contribution in [2.45, 2.75) is 0 Å². The monoisotopic (exact) mass is 402 g/mol. The zero-order valence-corrected chi connectivity index (χ0v) is 16.0. The summed E-state index contributed by atoms with van der Waals surface area (Å²) in [7, 11) is 4.44. The van der Waals surface area contributed by atoms with E-state index in [0.717, 1.165) is 0 Å². The molecule has 0 aliphatic rings. The quantitative estimate of drug-likeness (QED) is 0.587. The lowest BCUT2D eigenvalue weighted by Crippen LogP contribution is -2.22. The second-order valence-electron chi connectivity index (χ2n) is 5.73. The molecule has 29 heavy (non-hydrogen) atoms. The van der Waals surface area contributed by atoms with Crippen molar-refractivity contribution in [3.8, 4) is 22.9 Å². The van der Waals surface area contributed by atoms with E-state index in [2.05, 4.69) is 26.2 Å². The maximum Gasteiger partial charge on any atom is 0.243 e. The van der Waals surface area contributed by atoms with Gasteiger partial charge in [0.05, 0.1) is 39.2 Å². The molecule has 0 atom stereocenters. The molecule has 3 aromatic rings. The number of nitrogens with one attached hydrogen (secondary N) is 2. The van der Waals surface area contributed by atoms with Gasteiger partial charge in [-0.25, -0.2) is 9.07 Å². The normalized spacial score (nSPS) is 10.3. The Kier molecular flexibility index (Phi) is 6.07. The minimum Gasteiger partial charge on any atom is -0.493 e. The Labute approximate surface area is 165 Å². The SMILES string of the molecule is COc1cc(NC(=O)CNc2cc(-n3cnnn3)ccc2F)cc(OC)c1OC. The van der Waals surface area contributed by atoms with E-state index < -0.39 is 11.7 Å². The van der Waals surface area contributed by atoms with Gasteiger partial charge in [0.25, 0.3) is 0 Å². The number of amides is 1. The molecule has 0 aliphatic carbocycles. The molecule has 0 bridgehead atoms. The fraction of sp³-hybridized carbons (Fsp3) is 0.222. The van der Waals surface area contributed by atoms with Crippen LogP contribution in [0.5, 0.6) is 17.2 Å². The molecule has 11 heteroatoms. The molecule has 1 amide bonds. The lowest BCUT2D eigenvalue weighted by Gasteiger charge is -2.15. The van der Waals surface area contributed by atoms with Crippen LogP contribution in [-0.2, 0) is 4.79 Å². The van der Waals surface area contributed by atoms with Crippen molar-refractivity contribution < 1.29 is 23.4 Å². The maximum absolute atomic E-state index is 14.1. The summed E-state index contributed by atoms with van der Waals surface area (Å²) in [5, 5.41) is 16.3. The minimum absolute atomic E-state index is 0.137. The molecule has 0 fully saturated rings. The van der Waals surface area contributed by atoms with Crippen molar-refractivity contribution in [2.75, 3.05) is 38.5 Å². The fourth-order valence-corrected chi connectivity index (χ4v) is 2.60. The van der Waals surface area contributed by atoms with E-state index in [0.29, 0.717) is 28.6 Å². The Morgan fingerprint density at radius 3 is 2.41 bits per heavy atom. The highest BCUT2D eigenvalue weighted by Gasteiger charge is 2.15. The van der Waals surface area contributed by atoms with Gasteiger partial charge in [0.15, 0.2) is 11.5 Å². The Hall–Kier alpha value is -3.89. The molecule has 0 unspecified atom stereocenters.